The Kier molecular flexibility index (Phi) is 2.50. The molecule has 15 heavy (non-hydrogen) atoms. The number of hydrogen-bond donors (Lipinski definition) is 2. The molecule has 78 valence electrons. The molecule has 1 atom stereocenters. The van der Waals surface area contributed by atoms with Crippen LogP contribution < -0.4 is 0 Å². The first-order valence-corrected chi connectivity index (χ1v) is 4.97. The third-order valence-corrected chi connectivity index (χ3v) is 2.45. The smallest absolute Gasteiger partial charge is 0.337 e. The molecule has 0 unspecified atom stereocenters. The van der Waals surface area contributed by atoms with Gasteiger partial charge in [0.15, 0.2) is 10.8 Å². The fourth-order valence-corrected chi connectivity index (χ4v) is 1.76. The number of furan rings is 1. The number of benzene rings is 1. The number of carboxylic acids is 1. The molecule has 1 heterocycles. The van der Waals surface area contributed by atoms with E-state index in [2.05, 4.69) is 15.9 Å². The zero-order valence-corrected chi connectivity index (χ0v) is 9.06. The summed E-state index contributed by atoms with van der Waals surface area (Å²) in [6, 6.07) is 6.45. The molecule has 1 aromatic carbocycles. The summed E-state index contributed by atoms with van der Waals surface area (Å²) < 4.78 is 5.82. The summed E-state index contributed by atoms with van der Waals surface area (Å²) in [5.41, 5.74) is 0.978. The van der Waals surface area contributed by atoms with E-state index in [1.807, 2.05) is 0 Å². The van der Waals surface area contributed by atoms with Crippen LogP contribution in [-0.2, 0) is 4.79 Å². The number of aliphatic hydroxyl groups is 1. The van der Waals surface area contributed by atoms with Crippen molar-refractivity contribution in [3.8, 4) is 0 Å². The average Bonchev–Trinajstić information content (AvgIpc) is 2.55. The standard InChI is InChI=1S/C10H7BrO4/c11-8-4-6-3-5(9(12)10(13)14)1-2-7(6)15-8/h1-4,9,12H,(H,13,14)/t9-/m1/s1. The highest BCUT2D eigenvalue weighted by atomic mass is 79.9. The maximum absolute atomic E-state index is 10.6. The summed E-state index contributed by atoms with van der Waals surface area (Å²) in [6.45, 7) is 0. The molecule has 0 radical (unpaired) electrons. The van der Waals surface area contributed by atoms with Gasteiger partial charge in [0.25, 0.3) is 0 Å². The van der Waals surface area contributed by atoms with Crippen molar-refractivity contribution in [2.45, 2.75) is 6.10 Å². The maximum atomic E-state index is 10.6. The van der Waals surface area contributed by atoms with Crippen molar-refractivity contribution in [3.05, 3.63) is 34.5 Å². The topological polar surface area (TPSA) is 70.7 Å². The van der Waals surface area contributed by atoms with Crippen molar-refractivity contribution in [2.75, 3.05) is 0 Å². The zero-order valence-electron chi connectivity index (χ0n) is 7.48. The Bertz CT molecular complexity index is 517. The van der Waals surface area contributed by atoms with E-state index in [4.69, 9.17) is 9.52 Å². The maximum Gasteiger partial charge on any atom is 0.337 e. The fraction of sp³-hybridized carbons (Fsp3) is 0.100. The molecular weight excluding hydrogens is 264 g/mol. The largest absolute Gasteiger partial charge is 0.479 e. The van der Waals surface area contributed by atoms with E-state index in [0.717, 1.165) is 5.39 Å². The van der Waals surface area contributed by atoms with E-state index < -0.39 is 12.1 Å². The van der Waals surface area contributed by atoms with Gasteiger partial charge in [0.2, 0.25) is 0 Å². The lowest BCUT2D eigenvalue weighted by atomic mass is 10.1. The van der Waals surface area contributed by atoms with Gasteiger partial charge in [-0.15, -0.1) is 0 Å². The van der Waals surface area contributed by atoms with Crippen LogP contribution in [0.3, 0.4) is 0 Å². The second-order valence-corrected chi connectivity index (χ2v) is 3.87. The third kappa shape index (κ3) is 1.88. The molecule has 4 nitrogen and oxygen atoms in total. The predicted molar refractivity (Wildman–Crippen MR) is 56.5 cm³/mol. The van der Waals surface area contributed by atoms with Crippen LogP contribution in [0.2, 0.25) is 0 Å². The highest BCUT2D eigenvalue weighted by Gasteiger charge is 2.16. The Balaban J connectivity index is 2.50. The number of hydrogen-bond acceptors (Lipinski definition) is 3. The summed E-state index contributed by atoms with van der Waals surface area (Å²) in [5.74, 6) is -1.27. The van der Waals surface area contributed by atoms with Crippen LogP contribution in [-0.4, -0.2) is 16.2 Å². The SMILES string of the molecule is O=C(O)[C@H](O)c1ccc2oc(Br)cc2c1. The highest BCUT2D eigenvalue weighted by molar-refractivity contribution is 9.10. The van der Waals surface area contributed by atoms with Crippen molar-refractivity contribution in [1.29, 1.82) is 0 Å². The van der Waals surface area contributed by atoms with Crippen molar-refractivity contribution < 1.29 is 19.4 Å². The average molecular weight is 271 g/mol. The van der Waals surface area contributed by atoms with Gasteiger partial charge in [-0.05, 0) is 39.7 Å². The van der Waals surface area contributed by atoms with Crippen molar-refractivity contribution in [2.24, 2.45) is 0 Å². The number of halogens is 1. The number of aliphatic carboxylic acids is 1. The predicted octanol–water partition coefficient (Wildman–Crippen LogP) is 2.31. The summed E-state index contributed by atoms with van der Waals surface area (Å²) >= 11 is 3.17. The minimum Gasteiger partial charge on any atom is -0.479 e. The van der Waals surface area contributed by atoms with E-state index in [9.17, 15) is 9.90 Å². The molecule has 1 aromatic heterocycles. The molecule has 0 bridgehead atoms. The van der Waals surface area contributed by atoms with Gasteiger partial charge >= 0.3 is 5.97 Å². The van der Waals surface area contributed by atoms with Gasteiger partial charge in [-0.3, -0.25) is 0 Å². The number of fused-ring (bicyclic) bond motifs is 1. The lowest BCUT2D eigenvalue weighted by Gasteiger charge is -2.04. The second kappa shape index (κ2) is 3.67. The number of rotatable bonds is 2. The lowest BCUT2D eigenvalue weighted by Crippen LogP contribution is -2.09. The highest BCUT2D eigenvalue weighted by Crippen LogP contribution is 2.26. The van der Waals surface area contributed by atoms with Crippen LogP contribution in [0, 0.1) is 0 Å². The first-order valence-electron chi connectivity index (χ1n) is 4.18. The molecule has 0 aliphatic rings. The van der Waals surface area contributed by atoms with Gasteiger partial charge in [-0.25, -0.2) is 4.79 Å². The molecule has 0 fully saturated rings. The van der Waals surface area contributed by atoms with Crippen LogP contribution in [0.5, 0.6) is 0 Å². The van der Waals surface area contributed by atoms with Crippen LogP contribution in [0.15, 0.2) is 33.4 Å². The van der Waals surface area contributed by atoms with Crippen molar-refractivity contribution >= 4 is 32.9 Å². The Morgan fingerprint density at radius 2 is 2.13 bits per heavy atom. The molecule has 2 rings (SSSR count). The van der Waals surface area contributed by atoms with Crippen molar-refractivity contribution in [1.82, 2.24) is 0 Å². The number of carbonyl (C=O) groups is 1. The summed E-state index contributed by atoms with van der Waals surface area (Å²) in [6.07, 6.45) is -1.50. The first kappa shape index (κ1) is 10.2. The van der Waals surface area contributed by atoms with E-state index in [0.29, 0.717) is 15.8 Å². The van der Waals surface area contributed by atoms with Crippen molar-refractivity contribution in [3.63, 3.8) is 0 Å². The van der Waals surface area contributed by atoms with Crippen LogP contribution in [0.4, 0.5) is 0 Å². The molecule has 0 spiro atoms. The van der Waals surface area contributed by atoms with Gasteiger partial charge in [0.1, 0.15) is 5.58 Å². The third-order valence-electron chi connectivity index (χ3n) is 2.06. The monoisotopic (exact) mass is 270 g/mol. The molecule has 0 aliphatic carbocycles. The fourth-order valence-electron chi connectivity index (χ4n) is 1.34. The van der Waals surface area contributed by atoms with Gasteiger partial charge in [-0.2, -0.15) is 0 Å². The Morgan fingerprint density at radius 3 is 2.80 bits per heavy atom. The van der Waals surface area contributed by atoms with E-state index >= 15 is 0 Å². The van der Waals surface area contributed by atoms with Gasteiger partial charge in [-0.1, -0.05) is 6.07 Å². The van der Waals surface area contributed by atoms with Gasteiger partial charge < -0.3 is 14.6 Å². The minimum atomic E-state index is -1.50. The number of carboxylic acid groups (broad SMARTS) is 1. The molecule has 2 aromatic rings. The molecule has 5 heteroatoms. The van der Waals surface area contributed by atoms with Crippen LogP contribution in [0.25, 0.3) is 11.0 Å². The van der Waals surface area contributed by atoms with E-state index in [1.54, 1.807) is 18.2 Å². The summed E-state index contributed by atoms with van der Waals surface area (Å²) in [5, 5.41) is 18.7. The molecule has 0 amide bonds. The molecule has 2 N–H and O–H groups in total. The Morgan fingerprint density at radius 1 is 1.40 bits per heavy atom. The molecule has 0 saturated heterocycles. The molecule has 0 aliphatic heterocycles. The second-order valence-electron chi connectivity index (χ2n) is 3.09. The summed E-state index contributed by atoms with van der Waals surface area (Å²) in [4.78, 5) is 10.6. The molecular formula is C10H7BrO4. The van der Waals surface area contributed by atoms with E-state index in [1.165, 1.54) is 6.07 Å². The van der Waals surface area contributed by atoms with Crippen LogP contribution >= 0.6 is 15.9 Å². The van der Waals surface area contributed by atoms with Gasteiger partial charge in [0, 0.05) is 5.39 Å². The Labute approximate surface area is 93.3 Å². The van der Waals surface area contributed by atoms with Gasteiger partial charge in [0.05, 0.1) is 0 Å². The number of aliphatic hydroxyl groups excluding tert-OH is 1. The van der Waals surface area contributed by atoms with Crippen LogP contribution in [0.1, 0.15) is 11.7 Å². The first-order chi connectivity index (χ1) is 7.08. The summed E-state index contributed by atoms with van der Waals surface area (Å²) in [7, 11) is 0. The molecule has 0 saturated carbocycles. The Hall–Kier alpha value is -1.33. The minimum absolute atomic E-state index is 0.336. The zero-order chi connectivity index (χ0) is 11.0. The van der Waals surface area contributed by atoms with E-state index in [-0.39, 0.29) is 0 Å². The normalized spacial score (nSPS) is 12.9. The lowest BCUT2D eigenvalue weighted by molar-refractivity contribution is -0.146. The quantitative estimate of drug-likeness (QED) is 0.879.